The van der Waals surface area contributed by atoms with Crippen LogP contribution in [0.1, 0.15) is 22.8 Å². The molecule has 1 atom stereocenters. The first-order chi connectivity index (χ1) is 9.20. The summed E-state index contributed by atoms with van der Waals surface area (Å²) in [5.74, 6) is 1.26. The SMILES string of the molecule is Cc1cn2c(n1)CCC(NC(=O)Cc1cccs1)C2. The van der Waals surface area contributed by atoms with Crippen LogP contribution in [0.2, 0.25) is 0 Å². The summed E-state index contributed by atoms with van der Waals surface area (Å²) in [4.78, 5) is 17.6. The van der Waals surface area contributed by atoms with Gasteiger partial charge in [-0.2, -0.15) is 0 Å². The quantitative estimate of drug-likeness (QED) is 0.930. The lowest BCUT2D eigenvalue weighted by atomic mass is 10.1. The second-order valence-corrected chi connectivity index (χ2v) is 6.04. The predicted octanol–water partition coefficient (Wildman–Crippen LogP) is 1.93. The van der Waals surface area contributed by atoms with E-state index < -0.39 is 0 Å². The highest BCUT2D eigenvalue weighted by Gasteiger charge is 2.21. The fourth-order valence-electron chi connectivity index (χ4n) is 2.55. The number of thiophene rings is 1. The van der Waals surface area contributed by atoms with E-state index in [1.807, 2.05) is 24.4 Å². The summed E-state index contributed by atoms with van der Waals surface area (Å²) in [6.07, 6.45) is 4.47. The third-order valence-corrected chi connectivity index (χ3v) is 4.27. The van der Waals surface area contributed by atoms with Crippen molar-refractivity contribution in [1.29, 1.82) is 0 Å². The monoisotopic (exact) mass is 275 g/mol. The third kappa shape index (κ3) is 2.87. The lowest BCUT2D eigenvalue weighted by Gasteiger charge is -2.24. The molecule has 0 aliphatic carbocycles. The van der Waals surface area contributed by atoms with E-state index in [0.717, 1.165) is 35.8 Å². The molecule has 0 fully saturated rings. The predicted molar refractivity (Wildman–Crippen MR) is 75.2 cm³/mol. The molecule has 4 nitrogen and oxygen atoms in total. The van der Waals surface area contributed by atoms with Crippen molar-refractivity contribution in [3.63, 3.8) is 0 Å². The van der Waals surface area contributed by atoms with Gasteiger partial charge in [0.1, 0.15) is 5.82 Å². The number of amides is 1. The third-order valence-electron chi connectivity index (χ3n) is 3.39. The van der Waals surface area contributed by atoms with Gasteiger partial charge in [-0.15, -0.1) is 11.3 Å². The van der Waals surface area contributed by atoms with Crippen LogP contribution in [0.3, 0.4) is 0 Å². The van der Waals surface area contributed by atoms with E-state index >= 15 is 0 Å². The molecule has 3 rings (SSSR count). The van der Waals surface area contributed by atoms with Gasteiger partial charge in [0.05, 0.1) is 12.1 Å². The number of aryl methyl sites for hydroxylation is 2. The molecule has 0 aromatic carbocycles. The van der Waals surface area contributed by atoms with Crippen molar-refractivity contribution in [3.05, 3.63) is 40.1 Å². The number of carbonyl (C=O) groups excluding carboxylic acids is 1. The summed E-state index contributed by atoms with van der Waals surface area (Å²) in [5, 5.41) is 5.13. The average Bonchev–Trinajstić information content (AvgIpc) is 2.96. The lowest BCUT2D eigenvalue weighted by molar-refractivity contribution is -0.121. The maximum Gasteiger partial charge on any atom is 0.225 e. The van der Waals surface area contributed by atoms with Gasteiger partial charge in [0.25, 0.3) is 0 Å². The number of fused-ring (bicyclic) bond motifs is 1. The molecule has 19 heavy (non-hydrogen) atoms. The Morgan fingerprint density at radius 1 is 1.63 bits per heavy atom. The maximum absolute atomic E-state index is 12.0. The Kier molecular flexibility index (Phi) is 3.38. The molecule has 0 saturated carbocycles. The molecule has 0 spiro atoms. The van der Waals surface area contributed by atoms with Crippen LogP contribution in [0.5, 0.6) is 0 Å². The van der Waals surface area contributed by atoms with Crippen LogP contribution < -0.4 is 5.32 Å². The molecule has 100 valence electrons. The Morgan fingerprint density at radius 2 is 2.53 bits per heavy atom. The van der Waals surface area contributed by atoms with Crippen LogP contribution >= 0.6 is 11.3 Å². The number of carbonyl (C=O) groups is 1. The van der Waals surface area contributed by atoms with Crippen molar-refractivity contribution in [2.24, 2.45) is 0 Å². The summed E-state index contributed by atoms with van der Waals surface area (Å²) < 4.78 is 2.16. The largest absolute Gasteiger partial charge is 0.351 e. The normalized spacial score (nSPS) is 18.1. The molecule has 2 aromatic heterocycles. The lowest BCUT2D eigenvalue weighted by Crippen LogP contribution is -2.41. The van der Waals surface area contributed by atoms with Crippen LogP contribution in [0.15, 0.2) is 23.7 Å². The van der Waals surface area contributed by atoms with Crippen LogP contribution in [0, 0.1) is 6.92 Å². The highest BCUT2D eigenvalue weighted by atomic mass is 32.1. The minimum Gasteiger partial charge on any atom is -0.351 e. The number of hydrogen-bond acceptors (Lipinski definition) is 3. The van der Waals surface area contributed by atoms with Gasteiger partial charge in [0.2, 0.25) is 5.91 Å². The number of hydrogen-bond donors (Lipinski definition) is 1. The molecule has 1 aliphatic rings. The minimum absolute atomic E-state index is 0.118. The highest BCUT2D eigenvalue weighted by Crippen LogP contribution is 2.15. The molecule has 1 unspecified atom stereocenters. The summed E-state index contributed by atoms with van der Waals surface area (Å²) >= 11 is 1.63. The van der Waals surface area contributed by atoms with Gasteiger partial charge >= 0.3 is 0 Å². The summed E-state index contributed by atoms with van der Waals surface area (Å²) in [6, 6.07) is 4.21. The topological polar surface area (TPSA) is 46.9 Å². The molecule has 1 amide bonds. The fraction of sp³-hybridized carbons (Fsp3) is 0.429. The summed E-state index contributed by atoms with van der Waals surface area (Å²) in [5.41, 5.74) is 1.06. The molecule has 0 saturated heterocycles. The second-order valence-electron chi connectivity index (χ2n) is 5.01. The van der Waals surface area contributed by atoms with Gasteiger partial charge in [0, 0.05) is 30.1 Å². The van der Waals surface area contributed by atoms with Crippen molar-refractivity contribution in [1.82, 2.24) is 14.9 Å². The van der Waals surface area contributed by atoms with Gasteiger partial charge in [-0.1, -0.05) is 6.07 Å². The smallest absolute Gasteiger partial charge is 0.225 e. The molecule has 0 bridgehead atoms. The van der Waals surface area contributed by atoms with Gasteiger partial charge in [-0.05, 0) is 24.8 Å². The zero-order valence-corrected chi connectivity index (χ0v) is 11.7. The van der Waals surface area contributed by atoms with Crippen LogP contribution in [-0.2, 0) is 24.2 Å². The first-order valence-electron chi connectivity index (χ1n) is 6.55. The first kappa shape index (κ1) is 12.4. The van der Waals surface area contributed by atoms with E-state index in [1.54, 1.807) is 11.3 Å². The Bertz CT molecular complexity index is 574. The number of nitrogens with zero attached hydrogens (tertiary/aromatic N) is 2. The Morgan fingerprint density at radius 3 is 3.32 bits per heavy atom. The van der Waals surface area contributed by atoms with Crippen molar-refractivity contribution in [3.8, 4) is 0 Å². The standard InChI is InChI=1S/C14H17N3OS/c1-10-8-17-9-11(4-5-13(17)15-10)16-14(18)7-12-3-2-6-19-12/h2-3,6,8,11H,4-5,7,9H2,1H3,(H,16,18). The maximum atomic E-state index is 12.0. The van der Waals surface area contributed by atoms with Crippen molar-refractivity contribution in [2.75, 3.05) is 0 Å². The van der Waals surface area contributed by atoms with Gasteiger partial charge in [-0.3, -0.25) is 4.79 Å². The molecule has 2 aromatic rings. The van der Waals surface area contributed by atoms with Crippen molar-refractivity contribution < 1.29 is 4.79 Å². The van der Waals surface area contributed by atoms with Crippen molar-refractivity contribution >= 4 is 17.2 Å². The molecule has 5 heteroatoms. The Hall–Kier alpha value is -1.62. The van der Waals surface area contributed by atoms with Crippen LogP contribution in [0.25, 0.3) is 0 Å². The second kappa shape index (κ2) is 5.17. The van der Waals surface area contributed by atoms with Crippen LogP contribution in [0.4, 0.5) is 0 Å². The van der Waals surface area contributed by atoms with Gasteiger partial charge in [0.15, 0.2) is 0 Å². The van der Waals surface area contributed by atoms with E-state index in [0.29, 0.717) is 6.42 Å². The number of nitrogens with one attached hydrogen (secondary N) is 1. The zero-order valence-electron chi connectivity index (χ0n) is 10.9. The molecule has 3 heterocycles. The number of aromatic nitrogens is 2. The highest BCUT2D eigenvalue weighted by molar-refractivity contribution is 7.10. The number of rotatable bonds is 3. The number of imidazole rings is 1. The summed E-state index contributed by atoms with van der Waals surface area (Å²) in [6.45, 7) is 2.85. The van der Waals surface area contributed by atoms with Crippen molar-refractivity contribution in [2.45, 2.75) is 38.8 Å². The molecule has 1 N–H and O–H groups in total. The Balaban J connectivity index is 1.58. The van der Waals surface area contributed by atoms with Crippen LogP contribution in [-0.4, -0.2) is 21.5 Å². The van der Waals surface area contributed by atoms with E-state index in [4.69, 9.17) is 0 Å². The molecular weight excluding hydrogens is 258 g/mol. The van der Waals surface area contributed by atoms with E-state index in [-0.39, 0.29) is 11.9 Å². The molecular formula is C14H17N3OS. The van der Waals surface area contributed by atoms with Gasteiger partial charge in [-0.25, -0.2) is 4.98 Å². The van der Waals surface area contributed by atoms with E-state index in [2.05, 4.69) is 21.1 Å². The Labute approximate surface area is 116 Å². The average molecular weight is 275 g/mol. The van der Waals surface area contributed by atoms with E-state index in [9.17, 15) is 4.79 Å². The first-order valence-corrected chi connectivity index (χ1v) is 7.43. The van der Waals surface area contributed by atoms with Gasteiger partial charge < -0.3 is 9.88 Å². The molecule has 1 aliphatic heterocycles. The minimum atomic E-state index is 0.118. The molecule has 0 radical (unpaired) electrons. The fourth-order valence-corrected chi connectivity index (χ4v) is 3.26. The summed E-state index contributed by atoms with van der Waals surface area (Å²) in [7, 11) is 0. The van der Waals surface area contributed by atoms with E-state index in [1.165, 1.54) is 0 Å². The zero-order chi connectivity index (χ0) is 13.2.